The Bertz CT molecular complexity index is 304. The normalized spacial score (nSPS) is 11.4. The van der Waals surface area contributed by atoms with E-state index < -0.39 is 11.9 Å². The van der Waals surface area contributed by atoms with Gasteiger partial charge in [0.1, 0.15) is 0 Å². The smallest absolute Gasteiger partial charge is 0.323 e. The first-order chi connectivity index (χ1) is 8.60. The van der Waals surface area contributed by atoms with Gasteiger partial charge in [-0.15, -0.1) is 0 Å². The average Bonchev–Trinajstić information content (AvgIpc) is 2.35. The number of esters is 1. The molecule has 102 valence electrons. The van der Waals surface area contributed by atoms with E-state index in [9.17, 15) is 9.59 Å². The average molecular weight is 254 g/mol. The first-order valence-electron chi connectivity index (χ1n) is 6.44. The van der Waals surface area contributed by atoms with Gasteiger partial charge in [-0.05, 0) is 19.8 Å². The largest absolute Gasteiger partial charge is 0.465 e. The standard InChI is InChI=1S/C13H22N2O3/c1-4-7-15(8-5-2)12(16)9-11(10-14)13(17)18-6-3/h11H,4-9H2,1-3H3. The molecule has 0 aromatic rings. The van der Waals surface area contributed by atoms with Crippen LogP contribution in [0, 0.1) is 17.2 Å². The molecule has 0 fully saturated rings. The number of rotatable bonds is 8. The van der Waals surface area contributed by atoms with E-state index in [4.69, 9.17) is 10.00 Å². The van der Waals surface area contributed by atoms with Crippen molar-refractivity contribution in [3.63, 3.8) is 0 Å². The molecule has 18 heavy (non-hydrogen) atoms. The van der Waals surface area contributed by atoms with E-state index in [1.807, 2.05) is 19.9 Å². The molecule has 0 bridgehead atoms. The number of ether oxygens (including phenoxy) is 1. The zero-order valence-corrected chi connectivity index (χ0v) is 11.4. The van der Waals surface area contributed by atoms with Gasteiger partial charge in [-0.1, -0.05) is 13.8 Å². The van der Waals surface area contributed by atoms with E-state index >= 15 is 0 Å². The van der Waals surface area contributed by atoms with Crippen LogP contribution in [0.1, 0.15) is 40.0 Å². The van der Waals surface area contributed by atoms with Gasteiger partial charge in [0.25, 0.3) is 0 Å². The van der Waals surface area contributed by atoms with Crippen molar-refractivity contribution in [2.75, 3.05) is 19.7 Å². The molecule has 0 radical (unpaired) electrons. The summed E-state index contributed by atoms with van der Waals surface area (Å²) in [4.78, 5) is 25.1. The molecule has 1 amide bonds. The van der Waals surface area contributed by atoms with Gasteiger partial charge in [-0.25, -0.2) is 0 Å². The highest BCUT2D eigenvalue weighted by Gasteiger charge is 2.25. The minimum absolute atomic E-state index is 0.0880. The summed E-state index contributed by atoms with van der Waals surface area (Å²) in [5.41, 5.74) is 0. The summed E-state index contributed by atoms with van der Waals surface area (Å²) in [6, 6.07) is 1.83. The second-order valence-electron chi connectivity index (χ2n) is 4.02. The summed E-state index contributed by atoms with van der Waals surface area (Å²) in [7, 11) is 0. The van der Waals surface area contributed by atoms with Crippen molar-refractivity contribution in [1.82, 2.24) is 4.90 Å². The highest BCUT2D eigenvalue weighted by Crippen LogP contribution is 2.09. The van der Waals surface area contributed by atoms with Gasteiger partial charge in [-0.3, -0.25) is 9.59 Å². The van der Waals surface area contributed by atoms with Crippen molar-refractivity contribution in [2.45, 2.75) is 40.0 Å². The molecule has 0 spiro atoms. The molecule has 1 unspecified atom stereocenters. The van der Waals surface area contributed by atoms with Gasteiger partial charge in [0.05, 0.1) is 19.1 Å². The lowest BCUT2D eigenvalue weighted by molar-refractivity contribution is -0.149. The maximum Gasteiger partial charge on any atom is 0.323 e. The van der Waals surface area contributed by atoms with Gasteiger partial charge in [0, 0.05) is 13.1 Å². The van der Waals surface area contributed by atoms with E-state index in [2.05, 4.69) is 0 Å². The van der Waals surface area contributed by atoms with Crippen molar-refractivity contribution in [2.24, 2.45) is 5.92 Å². The number of hydrogen-bond acceptors (Lipinski definition) is 4. The van der Waals surface area contributed by atoms with Crippen LogP contribution in [0.2, 0.25) is 0 Å². The van der Waals surface area contributed by atoms with Gasteiger partial charge in [0.2, 0.25) is 5.91 Å². The summed E-state index contributed by atoms with van der Waals surface area (Å²) in [6.45, 7) is 7.20. The van der Waals surface area contributed by atoms with E-state index in [0.29, 0.717) is 13.1 Å². The Labute approximate surface area is 109 Å². The molecule has 0 aliphatic rings. The molecule has 0 saturated carbocycles. The van der Waals surface area contributed by atoms with Crippen molar-refractivity contribution >= 4 is 11.9 Å². The molecule has 0 saturated heterocycles. The topological polar surface area (TPSA) is 70.4 Å². The molecule has 1 atom stereocenters. The van der Waals surface area contributed by atoms with Crippen molar-refractivity contribution in [3.8, 4) is 6.07 Å². The number of nitriles is 1. The Morgan fingerprint density at radius 1 is 1.22 bits per heavy atom. The third kappa shape index (κ3) is 5.67. The molecule has 5 nitrogen and oxygen atoms in total. The Kier molecular flexibility index (Phi) is 8.63. The Morgan fingerprint density at radius 3 is 2.17 bits per heavy atom. The summed E-state index contributed by atoms with van der Waals surface area (Å²) >= 11 is 0. The Balaban J connectivity index is 4.48. The van der Waals surface area contributed by atoms with E-state index in [-0.39, 0.29) is 18.9 Å². The van der Waals surface area contributed by atoms with Gasteiger partial charge >= 0.3 is 5.97 Å². The molecule has 0 heterocycles. The molecule has 0 aliphatic heterocycles. The summed E-state index contributed by atoms with van der Waals surface area (Å²) in [5, 5.41) is 8.89. The van der Waals surface area contributed by atoms with E-state index in [1.165, 1.54) is 0 Å². The van der Waals surface area contributed by atoms with Crippen molar-refractivity contribution in [1.29, 1.82) is 5.26 Å². The maximum absolute atomic E-state index is 12.0. The van der Waals surface area contributed by atoms with Gasteiger partial charge < -0.3 is 9.64 Å². The predicted octanol–water partition coefficient (Wildman–Crippen LogP) is 1.73. The summed E-state index contributed by atoms with van der Waals surface area (Å²) < 4.78 is 4.76. The number of nitrogens with zero attached hydrogens (tertiary/aromatic N) is 2. The lowest BCUT2D eigenvalue weighted by Gasteiger charge is -2.22. The molecule has 0 rings (SSSR count). The van der Waals surface area contributed by atoms with Crippen LogP contribution in [-0.2, 0) is 14.3 Å². The summed E-state index contributed by atoms with van der Waals surface area (Å²) in [6.07, 6.45) is 1.64. The second kappa shape index (κ2) is 9.46. The molecular formula is C13H22N2O3. The molecular weight excluding hydrogens is 232 g/mol. The third-order valence-electron chi connectivity index (χ3n) is 2.45. The monoisotopic (exact) mass is 254 g/mol. The van der Waals surface area contributed by atoms with Crippen molar-refractivity contribution in [3.05, 3.63) is 0 Å². The minimum atomic E-state index is -0.992. The van der Waals surface area contributed by atoms with Crippen LogP contribution in [0.4, 0.5) is 0 Å². The van der Waals surface area contributed by atoms with Crippen LogP contribution in [-0.4, -0.2) is 36.5 Å². The fraction of sp³-hybridized carbons (Fsp3) is 0.769. The molecule has 0 aromatic carbocycles. The number of carbonyl (C=O) groups is 2. The maximum atomic E-state index is 12.0. The molecule has 5 heteroatoms. The zero-order valence-electron chi connectivity index (χ0n) is 11.4. The highest BCUT2D eigenvalue weighted by atomic mass is 16.5. The van der Waals surface area contributed by atoms with Crippen LogP contribution in [0.3, 0.4) is 0 Å². The van der Waals surface area contributed by atoms with Crippen LogP contribution in [0.5, 0.6) is 0 Å². The number of hydrogen-bond donors (Lipinski definition) is 0. The lowest BCUT2D eigenvalue weighted by atomic mass is 10.1. The quantitative estimate of drug-likeness (QED) is 0.618. The van der Waals surface area contributed by atoms with Crippen LogP contribution in [0.25, 0.3) is 0 Å². The molecule has 0 aliphatic carbocycles. The van der Waals surface area contributed by atoms with E-state index in [0.717, 1.165) is 12.8 Å². The van der Waals surface area contributed by atoms with E-state index in [1.54, 1.807) is 11.8 Å². The lowest BCUT2D eigenvalue weighted by Crippen LogP contribution is -2.35. The minimum Gasteiger partial charge on any atom is -0.465 e. The zero-order chi connectivity index (χ0) is 14.0. The highest BCUT2D eigenvalue weighted by molar-refractivity contribution is 5.84. The third-order valence-corrected chi connectivity index (χ3v) is 2.45. The predicted molar refractivity (Wildman–Crippen MR) is 67.5 cm³/mol. The van der Waals surface area contributed by atoms with Crippen LogP contribution < -0.4 is 0 Å². The molecule has 0 N–H and O–H groups in total. The second-order valence-corrected chi connectivity index (χ2v) is 4.02. The van der Waals surface area contributed by atoms with Gasteiger partial charge in [-0.2, -0.15) is 5.26 Å². The number of carbonyl (C=O) groups excluding carboxylic acids is 2. The van der Waals surface area contributed by atoms with Gasteiger partial charge in [0.15, 0.2) is 5.92 Å². The van der Waals surface area contributed by atoms with Crippen molar-refractivity contribution < 1.29 is 14.3 Å². The Morgan fingerprint density at radius 2 is 1.78 bits per heavy atom. The summed E-state index contributed by atoms with van der Waals surface area (Å²) in [5.74, 6) is -1.76. The van der Waals surface area contributed by atoms with Crippen LogP contribution >= 0.6 is 0 Å². The Hall–Kier alpha value is -1.57. The number of amides is 1. The fourth-order valence-electron chi connectivity index (χ4n) is 1.63. The first-order valence-corrected chi connectivity index (χ1v) is 6.44. The first kappa shape index (κ1) is 16.4. The molecule has 0 aromatic heterocycles. The van der Waals surface area contributed by atoms with Crippen LogP contribution in [0.15, 0.2) is 0 Å². The SMILES string of the molecule is CCCN(CCC)C(=O)CC(C#N)C(=O)OCC. The fourth-order valence-corrected chi connectivity index (χ4v) is 1.63.